The van der Waals surface area contributed by atoms with Gasteiger partial charge in [-0.05, 0) is 24.3 Å². The van der Waals surface area contributed by atoms with E-state index in [1.165, 1.54) is 0 Å². The number of rotatable bonds is 7. The van der Waals surface area contributed by atoms with Crippen LogP contribution in [0, 0.1) is 5.92 Å². The number of hydrogen-bond acceptors (Lipinski definition) is 4. The summed E-state index contributed by atoms with van der Waals surface area (Å²) in [5.41, 5.74) is 2.21. The summed E-state index contributed by atoms with van der Waals surface area (Å²) in [4.78, 5) is 19.0. The first-order valence-corrected chi connectivity index (χ1v) is 10.5. The van der Waals surface area contributed by atoms with Crippen LogP contribution in [0.1, 0.15) is 26.7 Å². The first-order valence-electron chi connectivity index (χ1n) is 9.57. The molecule has 2 unspecified atom stereocenters. The summed E-state index contributed by atoms with van der Waals surface area (Å²) in [5, 5.41) is 0.729. The van der Waals surface area contributed by atoms with E-state index in [1.54, 1.807) is 16.7 Å². The molecule has 0 saturated carbocycles. The molecule has 1 aliphatic rings. The van der Waals surface area contributed by atoms with Crippen molar-refractivity contribution in [3.8, 4) is 11.3 Å². The summed E-state index contributed by atoms with van der Waals surface area (Å²) in [6, 6.07) is 10.3. The van der Waals surface area contributed by atoms with Gasteiger partial charge in [0.05, 0.1) is 29.8 Å². The molecule has 6 heteroatoms. The highest BCUT2D eigenvalue weighted by Crippen LogP contribution is 2.33. The lowest BCUT2D eigenvalue weighted by Crippen LogP contribution is -2.35. The minimum absolute atomic E-state index is 0.128. The van der Waals surface area contributed by atoms with Crippen LogP contribution in [0.2, 0.25) is 0 Å². The summed E-state index contributed by atoms with van der Waals surface area (Å²) >= 11 is 1.56. The second-order valence-corrected chi connectivity index (χ2v) is 8.66. The number of imidazole rings is 1. The van der Waals surface area contributed by atoms with E-state index in [9.17, 15) is 4.79 Å². The predicted octanol–water partition coefficient (Wildman–Crippen LogP) is 3.93. The van der Waals surface area contributed by atoms with Gasteiger partial charge >= 0.3 is 0 Å². The van der Waals surface area contributed by atoms with Gasteiger partial charge in [0.1, 0.15) is 0 Å². The Kier molecular flexibility index (Phi) is 6.60. The van der Waals surface area contributed by atoms with Gasteiger partial charge in [-0.1, -0.05) is 55.9 Å². The molecule has 0 radical (unpaired) electrons. The number of aromatic nitrogens is 2. The van der Waals surface area contributed by atoms with Gasteiger partial charge in [0, 0.05) is 20.7 Å². The third-order valence-electron chi connectivity index (χ3n) is 4.82. The van der Waals surface area contributed by atoms with E-state index in [2.05, 4.69) is 30.5 Å². The number of hydrogen-bond donors (Lipinski definition) is 0. The molecule has 3 rings (SSSR count). The fourth-order valence-corrected chi connectivity index (χ4v) is 4.52. The van der Waals surface area contributed by atoms with E-state index in [4.69, 9.17) is 9.72 Å². The van der Waals surface area contributed by atoms with Gasteiger partial charge in [-0.25, -0.2) is 4.98 Å². The van der Waals surface area contributed by atoms with Crippen LogP contribution in [-0.4, -0.2) is 52.4 Å². The zero-order valence-electron chi connectivity index (χ0n) is 16.6. The molecule has 5 nitrogen and oxygen atoms in total. The van der Waals surface area contributed by atoms with E-state index in [0.29, 0.717) is 0 Å². The fraction of sp³-hybridized carbons (Fsp3) is 0.524. The van der Waals surface area contributed by atoms with Crippen LogP contribution >= 0.6 is 11.8 Å². The van der Waals surface area contributed by atoms with Crippen molar-refractivity contribution in [2.24, 2.45) is 5.92 Å². The Morgan fingerprint density at radius 2 is 2.07 bits per heavy atom. The van der Waals surface area contributed by atoms with Crippen molar-refractivity contribution < 1.29 is 9.53 Å². The Morgan fingerprint density at radius 1 is 1.33 bits per heavy atom. The molecule has 27 heavy (non-hydrogen) atoms. The summed E-state index contributed by atoms with van der Waals surface area (Å²) in [7, 11) is 3.62. The van der Waals surface area contributed by atoms with Gasteiger partial charge in [-0.15, -0.1) is 0 Å². The normalized spacial score (nSPS) is 18.0. The average Bonchev–Trinajstić information content (AvgIpc) is 3.30. The number of nitrogens with zero attached hydrogens (tertiary/aromatic N) is 3. The van der Waals surface area contributed by atoms with E-state index in [0.717, 1.165) is 42.4 Å². The lowest BCUT2D eigenvalue weighted by Gasteiger charge is -2.24. The van der Waals surface area contributed by atoms with Crippen molar-refractivity contribution in [1.82, 2.24) is 14.5 Å². The highest BCUT2D eigenvalue weighted by molar-refractivity contribution is 8.00. The zero-order valence-corrected chi connectivity index (χ0v) is 17.4. The maximum atomic E-state index is 12.7. The standard InChI is InChI=1S/C21H29N3O2S/c1-15(2)19(20(25)23(3)4)27-21-22-13-18(16-9-6-5-7-10-16)24(21)14-17-11-8-12-26-17/h5-7,9-10,13,15,17,19H,8,11-12,14H2,1-4H3. The molecule has 1 aliphatic heterocycles. The van der Waals surface area contributed by atoms with E-state index >= 15 is 0 Å². The molecule has 1 aromatic carbocycles. The Morgan fingerprint density at radius 3 is 2.67 bits per heavy atom. The van der Waals surface area contributed by atoms with Crippen molar-refractivity contribution >= 4 is 17.7 Å². The highest BCUT2D eigenvalue weighted by Gasteiger charge is 2.28. The number of carbonyl (C=O) groups excluding carboxylic acids is 1. The molecule has 2 heterocycles. The van der Waals surface area contributed by atoms with Crippen molar-refractivity contribution in [2.75, 3.05) is 20.7 Å². The first kappa shape index (κ1) is 20.0. The van der Waals surface area contributed by atoms with Gasteiger partial charge in [0.15, 0.2) is 5.16 Å². The molecule has 0 aliphatic carbocycles. The third kappa shape index (κ3) is 4.74. The van der Waals surface area contributed by atoms with E-state index in [1.807, 2.05) is 38.5 Å². The van der Waals surface area contributed by atoms with Gasteiger partial charge in [0.2, 0.25) is 5.91 Å². The van der Waals surface area contributed by atoms with Gasteiger partial charge in [-0.2, -0.15) is 0 Å². The van der Waals surface area contributed by atoms with Crippen LogP contribution in [0.3, 0.4) is 0 Å². The van der Waals surface area contributed by atoms with Crippen molar-refractivity contribution in [2.45, 2.75) is 49.7 Å². The van der Waals surface area contributed by atoms with E-state index < -0.39 is 0 Å². The minimum Gasteiger partial charge on any atom is -0.376 e. The van der Waals surface area contributed by atoms with Crippen molar-refractivity contribution in [1.29, 1.82) is 0 Å². The molecule has 1 saturated heterocycles. The molecule has 2 atom stereocenters. The summed E-state index contributed by atoms with van der Waals surface area (Å²) in [5.74, 6) is 0.348. The smallest absolute Gasteiger partial charge is 0.235 e. The zero-order chi connectivity index (χ0) is 19.4. The lowest BCUT2D eigenvalue weighted by atomic mass is 10.1. The summed E-state index contributed by atoms with van der Waals surface area (Å²) in [6.45, 7) is 5.78. The monoisotopic (exact) mass is 387 g/mol. The number of carbonyl (C=O) groups is 1. The Balaban J connectivity index is 1.93. The first-order chi connectivity index (χ1) is 13.0. The molecule has 0 spiro atoms. The SMILES string of the molecule is CC(C)C(Sc1ncc(-c2ccccc2)n1CC1CCCO1)C(=O)N(C)C. The Hall–Kier alpha value is -1.79. The molecular formula is C21H29N3O2S. The number of thioether (sulfide) groups is 1. The molecule has 0 bridgehead atoms. The van der Waals surface area contributed by atoms with Crippen LogP contribution in [0.5, 0.6) is 0 Å². The van der Waals surface area contributed by atoms with Gasteiger partial charge in [0.25, 0.3) is 0 Å². The fourth-order valence-electron chi connectivity index (χ4n) is 3.30. The second kappa shape index (κ2) is 8.93. The van der Waals surface area contributed by atoms with Crippen LogP contribution < -0.4 is 0 Å². The van der Waals surface area contributed by atoms with Crippen LogP contribution in [-0.2, 0) is 16.1 Å². The molecule has 146 valence electrons. The third-order valence-corrected chi connectivity index (χ3v) is 6.36. The molecular weight excluding hydrogens is 358 g/mol. The number of ether oxygens (including phenoxy) is 1. The number of benzene rings is 1. The Labute approximate surface area is 166 Å². The second-order valence-electron chi connectivity index (χ2n) is 7.55. The number of amides is 1. The quantitative estimate of drug-likeness (QED) is 0.675. The maximum absolute atomic E-state index is 12.7. The van der Waals surface area contributed by atoms with Gasteiger partial charge in [-0.3, -0.25) is 4.79 Å². The lowest BCUT2D eigenvalue weighted by molar-refractivity contribution is -0.128. The largest absolute Gasteiger partial charge is 0.376 e. The Bertz CT molecular complexity index is 752. The summed E-state index contributed by atoms with van der Waals surface area (Å²) in [6.07, 6.45) is 4.31. The van der Waals surface area contributed by atoms with Crippen LogP contribution in [0.15, 0.2) is 41.7 Å². The summed E-state index contributed by atoms with van der Waals surface area (Å²) < 4.78 is 8.11. The van der Waals surface area contributed by atoms with Crippen molar-refractivity contribution in [3.05, 3.63) is 36.5 Å². The molecule has 1 aromatic heterocycles. The van der Waals surface area contributed by atoms with Crippen LogP contribution in [0.25, 0.3) is 11.3 Å². The topological polar surface area (TPSA) is 47.4 Å². The average molecular weight is 388 g/mol. The van der Waals surface area contributed by atoms with Crippen molar-refractivity contribution in [3.63, 3.8) is 0 Å². The molecule has 1 fully saturated rings. The molecule has 1 amide bonds. The minimum atomic E-state index is -0.158. The predicted molar refractivity (Wildman–Crippen MR) is 110 cm³/mol. The maximum Gasteiger partial charge on any atom is 0.235 e. The molecule has 2 aromatic rings. The molecule has 0 N–H and O–H groups in total. The highest BCUT2D eigenvalue weighted by atomic mass is 32.2. The van der Waals surface area contributed by atoms with Gasteiger partial charge < -0.3 is 14.2 Å². The van der Waals surface area contributed by atoms with Crippen LogP contribution in [0.4, 0.5) is 0 Å². The van der Waals surface area contributed by atoms with E-state index in [-0.39, 0.29) is 23.2 Å².